The van der Waals surface area contributed by atoms with Crippen LogP contribution in [0.25, 0.3) is 0 Å². The van der Waals surface area contributed by atoms with Crippen LogP contribution in [0, 0.1) is 0 Å². The van der Waals surface area contributed by atoms with E-state index in [4.69, 9.17) is 0 Å². The van der Waals surface area contributed by atoms with Crippen molar-refractivity contribution < 1.29 is 13.2 Å². The summed E-state index contributed by atoms with van der Waals surface area (Å²) in [5, 5.41) is 4.14. The zero-order valence-electron chi connectivity index (χ0n) is 13.6. The van der Waals surface area contributed by atoms with Crippen molar-refractivity contribution in [1.82, 2.24) is 9.78 Å². The van der Waals surface area contributed by atoms with Crippen LogP contribution < -0.4 is 4.72 Å². The van der Waals surface area contributed by atoms with Crippen LogP contribution in [0.2, 0.25) is 0 Å². The predicted octanol–water partition coefficient (Wildman–Crippen LogP) is 2.93. The SMILES string of the molecule is CC(=O)c1ccc(S(=O)(=O)Nc2ccccc2Cn2cccn2)cc1. The van der Waals surface area contributed by atoms with Crippen LogP contribution in [0.4, 0.5) is 5.69 Å². The van der Waals surface area contributed by atoms with Crippen molar-refractivity contribution in [2.24, 2.45) is 0 Å². The van der Waals surface area contributed by atoms with Gasteiger partial charge < -0.3 is 0 Å². The minimum Gasteiger partial charge on any atom is -0.295 e. The van der Waals surface area contributed by atoms with Gasteiger partial charge in [-0.1, -0.05) is 30.3 Å². The second-order valence-corrected chi connectivity index (χ2v) is 7.23. The number of carbonyl (C=O) groups excluding carboxylic acids is 1. The maximum atomic E-state index is 12.6. The van der Waals surface area contributed by atoms with Crippen LogP contribution in [0.3, 0.4) is 0 Å². The highest BCUT2D eigenvalue weighted by molar-refractivity contribution is 7.92. The van der Waals surface area contributed by atoms with Crippen molar-refractivity contribution in [2.75, 3.05) is 4.72 Å². The largest absolute Gasteiger partial charge is 0.295 e. The van der Waals surface area contributed by atoms with Crippen LogP contribution in [0.15, 0.2) is 71.9 Å². The fraction of sp³-hybridized carbons (Fsp3) is 0.111. The van der Waals surface area contributed by atoms with Gasteiger partial charge in [-0.15, -0.1) is 0 Å². The van der Waals surface area contributed by atoms with Gasteiger partial charge in [0, 0.05) is 18.0 Å². The van der Waals surface area contributed by atoms with E-state index in [9.17, 15) is 13.2 Å². The molecule has 0 aliphatic carbocycles. The Balaban J connectivity index is 1.87. The maximum absolute atomic E-state index is 12.6. The van der Waals surface area contributed by atoms with E-state index in [0.717, 1.165) is 5.56 Å². The fourth-order valence-corrected chi connectivity index (χ4v) is 3.50. The van der Waals surface area contributed by atoms with E-state index < -0.39 is 10.0 Å². The Labute approximate surface area is 146 Å². The molecule has 0 amide bonds. The molecule has 1 aromatic heterocycles. The minimum absolute atomic E-state index is 0.103. The molecular weight excluding hydrogens is 338 g/mol. The van der Waals surface area contributed by atoms with Crippen LogP contribution >= 0.6 is 0 Å². The van der Waals surface area contributed by atoms with E-state index in [0.29, 0.717) is 17.8 Å². The molecule has 0 aliphatic heterocycles. The number of anilines is 1. The van der Waals surface area contributed by atoms with Gasteiger partial charge in [0.2, 0.25) is 0 Å². The highest BCUT2D eigenvalue weighted by Crippen LogP contribution is 2.21. The number of Topliss-reactive ketones (excluding diaryl/α,β-unsaturated/α-hetero) is 1. The summed E-state index contributed by atoms with van der Waals surface area (Å²) in [7, 11) is -3.75. The Morgan fingerprint density at radius 3 is 2.44 bits per heavy atom. The van der Waals surface area contributed by atoms with Crippen molar-refractivity contribution in [3.05, 3.63) is 78.1 Å². The van der Waals surface area contributed by atoms with Crippen LogP contribution in [0.1, 0.15) is 22.8 Å². The second-order valence-electron chi connectivity index (χ2n) is 5.55. The van der Waals surface area contributed by atoms with Crippen LogP contribution in [-0.2, 0) is 16.6 Å². The summed E-state index contributed by atoms with van der Waals surface area (Å²) in [5.74, 6) is -0.110. The first kappa shape index (κ1) is 16.9. The van der Waals surface area contributed by atoms with E-state index in [2.05, 4.69) is 9.82 Å². The van der Waals surface area contributed by atoms with Gasteiger partial charge in [0.05, 0.1) is 17.1 Å². The van der Waals surface area contributed by atoms with Crippen LogP contribution in [0.5, 0.6) is 0 Å². The number of para-hydroxylation sites is 1. The Kier molecular flexibility index (Phi) is 4.67. The third kappa shape index (κ3) is 3.95. The molecule has 128 valence electrons. The third-order valence-electron chi connectivity index (χ3n) is 3.72. The van der Waals surface area contributed by atoms with Crippen molar-refractivity contribution in [3.63, 3.8) is 0 Å². The van der Waals surface area contributed by atoms with E-state index in [1.807, 2.05) is 24.4 Å². The topological polar surface area (TPSA) is 81.1 Å². The summed E-state index contributed by atoms with van der Waals surface area (Å²) in [6.45, 7) is 1.89. The predicted molar refractivity (Wildman–Crippen MR) is 95.0 cm³/mol. The summed E-state index contributed by atoms with van der Waals surface area (Å²) < 4.78 is 29.6. The molecule has 0 fully saturated rings. The number of sulfonamides is 1. The molecule has 0 bridgehead atoms. The zero-order valence-corrected chi connectivity index (χ0v) is 14.4. The molecule has 3 aromatic rings. The van der Waals surface area contributed by atoms with E-state index in [1.165, 1.54) is 31.2 Å². The summed E-state index contributed by atoms with van der Waals surface area (Å²) >= 11 is 0. The average Bonchev–Trinajstić information content (AvgIpc) is 3.09. The smallest absolute Gasteiger partial charge is 0.261 e. The first-order valence-corrected chi connectivity index (χ1v) is 9.13. The highest BCUT2D eigenvalue weighted by Gasteiger charge is 2.16. The molecule has 1 heterocycles. The van der Waals surface area contributed by atoms with Gasteiger partial charge in [0.1, 0.15) is 0 Å². The average molecular weight is 355 g/mol. The molecule has 0 atom stereocenters. The van der Waals surface area contributed by atoms with Crippen molar-refractivity contribution in [2.45, 2.75) is 18.4 Å². The summed E-state index contributed by atoms with van der Waals surface area (Å²) in [5.41, 5.74) is 1.77. The quantitative estimate of drug-likeness (QED) is 0.689. The fourth-order valence-electron chi connectivity index (χ4n) is 2.40. The van der Waals surface area contributed by atoms with Gasteiger partial charge in [-0.05, 0) is 36.8 Å². The van der Waals surface area contributed by atoms with Gasteiger partial charge in [0.25, 0.3) is 10.0 Å². The molecule has 7 heteroatoms. The summed E-state index contributed by atoms with van der Waals surface area (Å²) in [6, 6.07) is 14.8. The van der Waals surface area contributed by atoms with Crippen LogP contribution in [-0.4, -0.2) is 24.0 Å². The monoisotopic (exact) mass is 355 g/mol. The lowest BCUT2D eigenvalue weighted by molar-refractivity contribution is 0.101. The maximum Gasteiger partial charge on any atom is 0.261 e. The molecule has 0 saturated carbocycles. The lowest BCUT2D eigenvalue weighted by atomic mass is 10.2. The molecule has 0 spiro atoms. The molecule has 25 heavy (non-hydrogen) atoms. The Morgan fingerprint density at radius 2 is 1.80 bits per heavy atom. The van der Waals surface area contributed by atoms with Gasteiger partial charge in [-0.3, -0.25) is 14.2 Å². The molecule has 3 rings (SSSR count). The number of ketones is 1. The third-order valence-corrected chi connectivity index (χ3v) is 5.11. The number of hydrogen-bond acceptors (Lipinski definition) is 4. The lowest BCUT2D eigenvalue weighted by Crippen LogP contribution is -2.15. The normalized spacial score (nSPS) is 11.2. The standard InChI is InChI=1S/C18H17N3O3S/c1-14(22)15-7-9-17(10-8-15)25(23,24)20-18-6-3-2-5-16(18)13-21-12-4-11-19-21/h2-12,20H,13H2,1H3. The van der Waals surface area contributed by atoms with Crippen molar-refractivity contribution in [1.29, 1.82) is 0 Å². The first-order valence-electron chi connectivity index (χ1n) is 7.65. The highest BCUT2D eigenvalue weighted by atomic mass is 32.2. The molecule has 0 saturated heterocycles. The lowest BCUT2D eigenvalue weighted by Gasteiger charge is -2.13. The Bertz CT molecular complexity index is 979. The number of nitrogens with one attached hydrogen (secondary N) is 1. The molecule has 0 aliphatic rings. The Hall–Kier alpha value is -2.93. The van der Waals surface area contributed by atoms with E-state index in [-0.39, 0.29) is 10.7 Å². The number of benzene rings is 2. The Morgan fingerprint density at radius 1 is 1.08 bits per heavy atom. The van der Waals surface area contributed by atoms with Gasteiger partial charge >= 0.3 is 0 Å². The van der Waals surface area contributed by atoms with E-state index in [1.54, 1.807) is 23.0 Å². The summed E-state index contributed by atoms with van der Waals surface area (Å²) in [6.07, 6.45) is 3.48. The van der Waals surface area contributed by atoms with Crippen molar-refractivity contribution in [3.8, 4) is 0 Å². The number of nitrogens with zero attached hydrogens (tertiary/aromatic N) is 2. The first-order chi connectivity index (χ1) is 12.0. The minimum atomic E-state index is -3.75. The molecular formula is C18H17N3O3S. The number of hydrogen-bond donors (Lipinski definition) is 1. The molecule has 6 nitrogen and oxygen atoms in total. The molecule has 0 unspecified atom stereocenters. The molecule has 1 N–H and O–H groups in total. The number of carbonyl (C=O) groups is 1. The zero-order chi connectivity index (χ0) is 17.9. The molecule has 0 radical (unpaired) electrons. The number of aromatic nitrogens is 2. The van der Waals surface area contributed by atoms with Crippen molar-refractivity contribution >= 4 is 21.5 Å². The van der Waals surface area contributed by atoms with Gasteiger partial charge in [0.15, 0.2) is 5.78 Å². The van der Waals surface area contributed by atoms with Gasteiger partial charge in [-0.25, -0.2) is 8.42 Å². The summed E-state index contributed by atoms with van der Waals surface area (Å²) in [4.78, 5) is 11.4. The molecule has 2 aromatic carbocycles. The number of rotatable bonds is 6. The second kappa shape index (κ2) is 6.90. The van der Waals surface area contributed by atoms with E-state index >= 15 is 0 Å². The van der Waals surface area contributed by atoms with Gasteiger partial charge in [-0.2, -0.15) is 5.10 Å².